The summed E-state index contributed by atoms with van der Waals surface area (Å²) < 4.78 is 0. The molecule has 15 heavy (non-hydrogen) atoms. The molecular formula is C13H26N2. The number of nitrogens with one attached hydrogen (secondary N) is 1. The lowest BCUT2D eigenvalue weighted by molar-refractivity contribution is 0.171. The highest BCUT2D eigenvalue weighted by atomic mass is 15.2. The monoisotopic (exact) mass is 210 g/mol. The average Bonchev–Trinajstić information content (AvgIpc) is 2.70. The van der Waals surface area contributed by atoms with Gasteiger partial charge in [0.25, 0.3) is 0 Å². The van der Waals surface area contributed by atoms with Gasteiger partial charge in [-0.1, -0.05) is 19.8 Å². The summed E-state index contributed by atoms with van der Waals surface area (Å²) in [7, 11) is 2.32. The highest BCUT2D eigenvalue weighted by molar-refractivity contribution is 4.81. The molecule has 2 fully saturated rings. The van der Waals surface area contributed by atoms with Gasteiger partial charge in [-0.3, -0.25) is 0 Å². The summed E-state index contributed by atoms with van der Waals surface area (Å²) in [5, 5.41) is 3.46. The second-order valence-electron chi connectivity index (χ2n) is 5.72. The first-order valence-electron chi connectivity index (χ1n) is 6.66. The Morgan fingerprint density at radius 1 is 1.27 bits per heavy atom. The second kappa shape index (κ2) is 5.31. The van der Waals surface area contributed by atoms with Crippen molar-refractivity contribution < 1.29 is 0 Å². The molecule has 0 aromatic heterocycles. The summed E-state index contributed by atoms with van der Waals surface area (Å²) in [6.45, 7) is 6.18. The molecule has 3 atom stereocenters. The maximum atomic E-state index is 3.46. The first-order chi connectivity index (χ1) is 7.25. The molecule has 1 aliphatic carbocycles. The van der Waals surface area contributed by atoms with Crippen LogP contribution in [0.4, 0.5) is 0 Å². The Kier molecular flexibility index (Phi) is 4.04. The zero-order valence-corrected chi connectivity index (χ0v) is 10.3. The minimum Gasteiger partial charge on any atom is -0.315 e. The van der Waals surface area contributed by atoms with Crippen LogP contribution in [0, 0.1) is 11.8 Å². The van der Waals surface area contributed by atoms with Crippen molar-refractivity contribution in [2.75, 3.05) is 26.7 Å². The van der Waals surface area contributed by atoms with E-state index in [0.717, 1.165) is 17.9 Å². The topological polar surface area (TPSA) is 15.3 Å². The number of hydrogen-bond donors (Lipinski definition) is 1. The largest absolute Gasteiger partial charge is 0.315 e. The molecule has 1 heterocycles. The van der Waals surface area contributed by atoms with Gasteiger partial charge in [-0.15, -0.1) is 0 Å². The van der Waals surface area contributed by atoms with Crippen LogP contribution in [0.2, 0.25) is 0 Å². The Bertz CT molecular complexity index is 187. The molecule has 0 spiro atoms. The Morgan fingerprint density at radius 3 is 2.80 bits per heavy atom. The minimum atomic E-state index is 0.808. The molecule has 2 nitrogen and oxygen atoms in total. The van der Waals surface area contributed by atoms with E-state index in [-0.39, 0.29) is 0 Å². The van der Waals surface area contributed by atoms with Crippen LogP contribution in [0.3, 0.4) is 0 Å². The molecule has 0 aromatic carbocycles. The molecule has 3 unspecified atom stereocenters. The number of likely N-dealkylation sites (N-methyl/N-ethyl adjacent to an activating group) is 1. The van der Waals surface area contributed by atoms with Crippen molar-refractivity contribution in [3.8, 4) is 0 Å². The molecule has 0 amide bonds. The van der Waals surface area contributed by atoms with Crippen molar-refractivity contribution in [2.45, 2.75) is 45.1 Å². The predicted molar refractivity (Wildman–Crippen MR) is 65.0 cm³/mol. The highest BCUT2D eigenvalue weighted by Crippen LogP contribution is 2.29. The smallest absolute Gasteiger partial charge is 0.0229 e. The Hall–Kier alpha value is -0.0800. The number of hydrogen-bond acceptors (Lipinski definition) is 2. The van der Waals surface area contributed by atoms with E-state index >= 15 is 0 Å². The van der Waals surface area contributed by atoms with Crippen LogP contribution >= 0.6 is 0 Å². The first-order valence-corrected chi connectivity index (χ1v) is 6.66. The van der Waals surface area contributed by atoms with Gasteiger partial charge in [0.1, 0.15) is 0 Å². The third kappa shape index (κ3) is 3.18. The van der Waals surface area contributed by atoms with E-state index in [1.807, 2.05) is 0 Å². The van der Waals surface area contributed by atoms with Crippen LogP contribution in [0.25, 0.3) is 0 Å². The van der Waals surface area contributed by atoms with Crippen LogP contribution in [0.15, 0.2) is 0 Å². The van der Waals surface area contributed by atoms with Gasteiger partial charge in [-0.25, -0.2) is 0 Å². The third-order valence-corrected chi connectivity index (χ3v) is 4.25. The molecule has 1 N–H and O–H groups in total. The molecule has 2 rings (SSSR count). The fraction of sp³-hybridized carbons (Fsp3) is 1.00. The van der Waals surface area contributed by atoms with Crippen LogP contribution < -0.4 is 5.32 Å². The summed E-state index contributed by atoms with van der Waals surface area (Å²) in [6, 6.07) is 0.808. The molecule has 0 bridgehead atoms. The lowest BCUT2D eigenvalue weighted by atomic mass is 9.82. The lowest BCUT2D eigenvalue weighted by Crippen LogP contribution is -2.38. The number of rotatable bonds is 3. The van der Waals surface area contributed by atoms with E-state index in [9.17, 15) is 0 Å². The van der Waals surface area contributed by atoms with Gasteiger partial charge in [0.05, 0.1) is 0 Å². The number of nitrogens with zero attached hydrogens (tertiary/aromatic N) is 1. The molecule has 0 radical (unpaired) electrons. The Morgan fingerprint density at radius 2 is 2.13 bits per heavy atom. The van der Waals surface area contributed by atoms with Gasteiger partial charge in [0, 0.05) is 19.1 Å². The molecule has 88 valence electrons. The minimum absolute atomic E-state index is 0.808. The zero-order valence-electron chi connectivity index (χ0n) is 10.3. The van der Waals surface area contributed by atoms with E-state index < -0.39 is 0 Å². The standard InChI is InChI=1S/C13H26N2/c1-11-4-3-5-12(8-11)10-15(2)13-6-7-14-9-13/h11-14H,3-10H2,1-2H3. The predicted octanol–water partition coefficient (Wildman–Crippen LogP) is 2.11. The van der Waals surface area contributed by atoms with Gasteiger partial charge in [0.2, 0.25) is 0 Å². The summed E-state index contributed by atoms with van der Waals surface area (Å²) >= 11 is 0. The van der Waals surface area contributed by atoms with Crippen molar-refractivity contribution in [1.29, 1.82) is 0 Å². The van der Waals surface area contributed by atoms with E-state index in [0.29, 0.717) is 0 Å². The fourth-order valence-corrected chi connectivity index (χ4v) is 3.30. The summed E-state index contributed by atoms with van der Waals surface area (Å²) in [5.74, 6) is 1.94. The fourth-order valence-electron chi connectivity index (χ4n) is 3.30. The zero-order chi connectivity index (χ0) is 10.7. The van der Waals surface area contributed by atoms with Crippen LogP contribution in [0.1, 0.15) is 39.0 Å². The maximum absolute atomic E-state index is 3.46. The quantitative estimate of drug-likeness (QED) is 0.767. The molecule has 2 aliphatic rings. The SMILES string of the molecule is CC1CCCC(CN(C)C2CCNC2)C1. The van der Waals surface area contributed by atoms with E-state index in [2.05, 4.69) is 24.2 Å². The maximum Gasteiger partial charge on any atom is 0.0229 e. The summed E-state index contributed by atoms with van der Waals surface area (Å²) in [5.41, 5.74) is 0. The molecule has 0 aromatic rings. The van der Waals surface area contributed by atoms with Crippen LogP contribution in [0.5, 0.6) is 0 Å². The van der Waals surface area contributed by atoms with E-state index in [1.54, 1.807) is 0 Å². The van der Waals surface area contributed by atoms with Crippen LogP contribution in [-0.4, -0.2) is 37.6 Å². The van der Waals surface area contributed by atoms with Gasteiger partial charge in [-0.05, 0) is 44.7 Å². The Balaban J connectivity index is 1.74. The van der Waals surface area contributed by atoms with Crippen molar-refractivity contribution in [2.24, 2.45) is 11.8 Å². The molecule has 1 saturated heterocycles. The normalized spacial score (nSPS) is 37.4. The van der Waals surface area contributed by atoms with Gasteiger partial charge in [0.15, 0.2) is 0 Å². The molecule has 1 aliphatic heterocycles. The first kappa shape index (κ1) is 11.4. The highest BCUT2D eigenvalue weighted by Gasteiger charge is 2.24. The average molecular weight is 210 g/mol. The van der Waals surface area contributed by atoms with Crippen molar-refractivity contribution in [1.82, 2.24) is 10.2 Å². The van der Waals surface area contributed by atoms with Crippen molar-refractivity contribution >= 4 is 0 Å². The third-order valence-electron chi connectivity index (χ3n) is 4.25. The lowest BCUT2D eigenvalue weighted by Gasteiger charge is -2.32. The summed E-state index contributed by atoms with van der Waals surface area (Å²) in [6.07, 6.45) is 7.20. The van der Waals surface area contributed by atoms with Gasteiger partial charge < -0.3 is 10.2 Å². The van der Waals surface area contributed by atoms with Gasteiger partial charge >= 0.3 is 0 Å². The second-order valence-corrected chi connectivity index (χ2v) is 5.72. The van der Waals surface area contributed by atoms with Crippen LogP contribution in [-0.2, 0) is 0 Å². The van der Waals surface area contributed by atoms with E-state index in [1.165, 1.54) is 51.7 Å². The molecular weight excluding hydrogens is 184 g/mol. The van der Waals surface area contributed by atoms with Gasteiger partial charge in [-0.2, -0.15) is 0 Å². The molecule has 2 heteroatoms. The van der Waals surface area contributed by atoms with E-state index in [4.69, 9.17) is 0 Å². The van der Waals surface area contributed by atoms with Crippen molar-refractivity contribution in [3.63, 3.8) is 0 Å². The summed E-state index contributed by atoms with van der Waals surface area (Å²) in [4.78, 5) is 2.60. The Labute approximate surface area is 94.4 Å². The van der Waals surface area contributed by atoms with Crippen molar-refractivity contribution in [3.05, 3.63) is 0 Å². The molecule has 1 saturated carbocycles.